The van der Waals surface area contributed by atoms with Crippen molar-refractivity contribution >= 4 is 32.6 Å². The van der Waals surface area contributed by atoms with E-state index in [2.05, 4.69) is 15.9 Å². The molecule has 1 aliphatic heterocycles. The Morgan fingerprint density at radius 1 is 1.38 bits per heavy atom. The Labute approximate surface area is 136 Å². The number of benzene rings is 1. The van der Waals surface area contributed by atoms with Crippen molar-refractivity contribution in [3.8, 4) is 0 Å². The van der Waals surface area contributed by atoms with Crippen molar-refractivity contribution in [2.75, 3.05) is 18.8 Å². The summed E-state index contributed by atoms with van der Waals surface area (Å²) in [7, 11) is -1.04. The summed E-state index contributed by atoms with van der Waals surface area (Å²) < 4.78 is 13.1. The summed E-state index contributed by atoms with van der Waals surface area (Å²) in [5.41, 5.74) is 5.68. The van der Waals surface area contributed by atoms with Gasteiger partial charge >= 0.3 is 0 Å². The van der Waals surface area contributed by atoms with E-state index in [4.69, 9.17) is 5.73 Å². The molecule has 1 heterocycles. The van der Waals surface area contributed by atoms with Crippen LogP contribution < -0.4 is 5.73 Å². The van der Waals surface area contributed by atoms with Crippen LogP contribution in [-0.2, 0) is 15.6 Å². The third kappa shape index (κ3) is 4.63. The van der Waals surface area contributed by atoms with Gasteiger partial charge in [-0.1, -0.05) is 15.9 Å². The predicted molar refractivity (Wildman–Crippen MR) is 88.4 cm³/mol. The molecule has 1 fully saturated rings. The van der Waals surface area contributed by atoms with Gasteiger partial charge in [0, 0.05) is 40.7 Å². The monoisotopic (exact) mass is 372 g/mol. The van der Waals surface area contributed by atoms with Gasteiger partial charge < -0.3 is 10.6 Å². The lowest BCUT2D eigenvalue weighted by Crippen LogP contribution is -2.39. The lowest BCUT2D eigenvalue weighted by atomic mass is 10.2. The summed E-state index contributed by atoms with van der Waals surface area (Å²) in [4.78, 5) is 14.8. The Balaban J connectivity index is 1.77. The first-order valence-electron chi connectivity index (χ1n) is 7.25. The Hall–Kier alpha value is -0.720. The molecule has 1 aliphatic rings. The van der Waals surface area contributed by atoms with Gasteiger partial charge in [-0.25, -0.2) is 0 Å². The number of halogens is 1. The van der Waals surface area contributed by atoms with E-state index in [1.807, 2.05) is 29.2 Å². The van der Waals surface area contributed by atoms with Crippen molar-refractivity contribution in [1.29, 1.82) is 0 Å². The molecule has 0 aromatic heterocycles. The van der Waals surface area contributed by atoms with E-state index in [-0.39, 0.29) is 11.9 Å². The van der Waals surface area contributed by atoms with E-state index in [0.717, 1.165) is 28.8 Å². The summed E-state index contributed by atoms with van der Waals surface area (Å²) in [5, 5.41) is 0. The molecule has 4 nitrogen and oxygen atoms in total. The number of rotatable bonds is 6. The minimum atomic E-state index is -1.04. The molecule has 0 saturated carbocycles. The lowest BCUT2D eigenvalue weighted by molar-refractivity contribution is -0.131. The molecular weight excluding hydrogens is 352 g/mol. The summed E-state index contributed by atoms with van der Waals surface area (Å²) in [5.74, 6) is 0.671. The first kappa shape index (κ1) is 16.6. The van der Waals surface area contributed by atoms with Gasteiger partial charge in [0.2, 0.25) is 5.91 Å². The molecule has 1 saturated heterocycles. The van der Waals surface area contributed by atoms with Gasteiger partial charge in [-0.05, 0) is 43.5 Å². The molecule has 0 radical (unpaired) electrons. The molecule has 2 atom stereocenters. The fourth-order valence-electron chi connectivity index (χ4n) is 2.61. The van der Waals surface area contributed by atoms with Crippen LogP contribution in [0.1, 0.15) is 25.7 Å². The molecule has 2 N–H and O–H groups in total. The van der Waals surface area contributed by atoms with E-state index in [9.17, 15) is 9.00 Å². The van der Waals surface area contributed by atoms with Crippen LogP contribution >= 0.6 is 15.9 Å². The van der Waals surface area contributed by atoms with Crippen molar-refractivity contribution < 1.29 is 9.00 Å². The van der Waals surface area contributed by atoms with E-state index >= 15 is 0 Å². The van der Waals surface area contributed by atoms with E-state index in [0.29, 0.717) is 25.1 Å². The minimum absolute atomic E-state index is 0.149. The SMILES string of the molecule is NCC1CCCN1C(=O)CCCS(=O)c1ccc(Br)cc1. The maximum Gasteiger partial charge on any atom is 0.222 e. The standard InChI is InChI=1S/C15H21BrN2O2S/c16-12-5-7-14(8-6-12)21(20)10-2-4-15(19)18-9-1-3-13(18)11-17/h5-8,13H,1-4,9-11,17H2. The highest BCUT2D eigenvalue weighted by atomic mass is 79.9. The summed E-state index contributed by atoms with van der Waals surface area (Å²) in [6.45, 7) is 1.35. The van der Waals surface area contributed by atoms with Gasteiger partial charge in [-0.15, -0.1) is 0 Å². The normalized spacial score (nSPS) is 19.7. The number of amides is 1. The molecule has 21 heavy (non-hydrogen) atoms. The number of nitrogens with two attached hydrogens (primary N) is 1. The van der Waals surface area contributed by atoms with Crippen LogP contribution in [0.5, 0.6) is 0 Å². The van der Waals surface area contributed by atoms with Crippen molar-refractivity contribution in [3.05, 3.63) is 28.7 Å². The highest BCUT2D eigenvalue weighted by molar-refractivity contribution is 9.10. The summed E-state index contributed by atoms with van der Waals surface area (Å²) >= 11 is 3.36. The quantitative estimate of drug-likeness (QED) is 0.832. The maximum absolute atomic E-state index is 12.1. The van der Waals surface area contributed by atoms with Crippen LogP contribution in [0.3, 0.4) is 0 Å². The van der Waals surface area contributed by atoms with E-state index in [1.165, 1.54) is 0 Å². The third-order valence-electron chi connectivity index (χ3n) is 3.77. The Morgan fingerprint density at radius 3 is 2.76 bits per heavy atom. The van der Waals surface area contributed by atoms with Gasteiger partial charge in [0.05, 0.1) is 10.8 Å². The fraction of sp³-hybridized carbons (Fsp3) is 0.533. The smallest absolute Gasteiger partial charge is 0.222 e. The molecule has 1 amide bonds. The third-order valence-corrected chi connectivity index (χ3v) is 5.75. The van der Waals surface area contributed by atoms with Crippen LogP contribution in [0.2, 0.25) is 0 Å². The zero-order valence-corrected chi connectivity index (χ0v) is 14.4. The molecule has 6 heteroatoms. The fourth-order valence-corrected chi connectivity index (χ4v) is 3.96. The van der Waals surface area contributed by atoms with Crippen molar-refractivity contribution in [1.82, 2.24) is 4.90 Å². The number of nitrogens with zero attached hydrogens (tertiary/aromatic N) is 1. The number of hydrogen-bond acceptors (Lipinski definition) is 3. The number of carbonyl (C=O) groups is 1. The molecule has 2 rings (SSSR count). The van der Waals surface area contributed by atoms with Crippen LogP contribution in [0.4, 0.5) is 0 Å². The Bertz CT molecular complexity index is 507. The first-order chi connectivity index (χ1) is 10.1. The zero-order chi connectivity index (χ0) is 15.2. The van der Waals surface area contributed by atoms with Gasteiger partial charge in [0.15, 0.2) is 0 Å². The number of carbonyl (C=O) groups excluding carboxylic acids is 1. The number of hydrogen-bond donors (Lipinski definition) is 1. The lowest BCUT2D eigenvalue weighted by Gasteiger charge is -2.23. The molecule has 0 aliphatic carbocycles. The summed E-state index contributed by atoms with van der Waals surface area (Å²) in [6.07, 6.45) is 3.15. The van der Waals surface area contributed by atoms with E-state index < -0.39 is 10.8 Å². The zero-order valence-electron chi connectivity index (χ0n) is 12.0. The minimum Gasteiger partial charge on any atom is -0.338 e. The predicted octanol–water partition coefficient (Wildman–Crippen LogP) is 2.29. The van der Waals surface area contributed by atoms with E-state index in [1.54, 1.807) is 0 Å². The van der Waals surface area contributed by atoms with Crippen molar-refractivity contribution in [2.45, 2.75) is 36.6 Å². The Kier molecular flexibility index (Phi) is 6.39. The van der Waals surface area contributed by atoms with Crippen LogP contribution in [0.25, 0.3) is 0 Å². The topological polar surface area (TPSA) is 63.4 Å². The van der Waals surface area contributed by atoms with Gasteiger partial charge in [-0.2, -0.15) is 0 Å². The maximum atomic E-state index is 12.1. The molecule has 0 spiro atoms. The molecule has 1 aromatic rings. The molecule has 1 aromatic carbocycles. The van der Waals surface area contributed by atoms with Gasteiger partial charge in [0.1, 0.15) is 0 Å². The van der Waals surface area contributed by atoms with Gasteiger partial charge in [-0.3, -0.25) is 9.00 Å². The Morgan fingerprint density at radius 2 is 2.10 bits per heavy atom. The highest BCUT2D eigenvalue weighted by Crippen LogP contribution is 2.18. The number of likely N-dealkylation sites (tertiary alicyclic amines) is 1. The largest absolute Gasteiger partial charge is 0.338 e. The van der Waals surface area contributed by atoms with Crippen molar-refractivity contribution in [2.24, 2.45) is 5.73 Å². The second kappa shape index (κ2) is 8.06. The molecule has 0 bridgehead atoms. The molecule has 116 valence electrons. The average molecular weight is 373 g/mol. The van der Waals surface area contributed by atoms with Crippen LogP contribution in [0, 0.1) is 0 Å². The first-order valence-corrected chi connectivity index (χ1v) is 9.36. The molecule has 2 unspecified atom stereocenters. The van der Waals surface area contributed by atoms with Crippen molar-refractivity contribution in [3.63, 3.8) is 0 Å². The molecular formula is C15H21BrN2O2S. The second-order valence-electron chi connectivity index (χ2n) is 5.23. The van der Waals surface area contributed by atoms with Crippen LogP contribution in [-0.4, -0.2) is 39.9 Å². The van der Waals surface area contributed by atoms with Crippen LogP contribution in [0.15, 0.2) is 33.6 Å². The average Bonchev–Trinajstić information content (AvgIpc) is 2.96. The highest BCUT2D eigenvalue weighted by Gasteiger charge is 2.26. The van der Waals surface area contributed by atoms with Gasteiger partial charge in [0.25, 0.3) is 0 Å². The summed E-state index contributed by atoms with van der Waals surface area (Å²) in [6, 6.07) is 7.68. The second-order valence-corrected chi connectivity index (χ2v) is 7.71.